The number of hydrogen-bond acceptors (Lipinski definition) is 4. The Balaban J connectivity index is 1.90. The Labute approximate surface area is 149 Å². The number of nitrogens with one attached hydrogen (secondary N) is 2. The van der Waals surface area contributed by atoms with Crippen molar-refractivity contribution in [1.82, 2.24) is 5.32 Å². The zero-order valence-corrected chi connectivity index (χ0v) is 15.5. The SMILES string of the molecule is Cc1cc(C)c(N2c3ccccc3N[C@@H]2C)[n+](C)c1N1C=CN[C@H]1C. The van der Waals surface area contributed by atoms with Crippen LogP contribution in [0.3, 0.4) is 0 Å². The molecule has 0 spiro atoms. The molecular formula is C20H26N5+. The average molecular weight is 336 g/mol. The molecule has 0 saturated heterocycles. The van der Waals surface area contributed by atoms with E-state index in [1.54, 1.807) is 0 Å². The Hall–Kier alpha value is -2.69. The Morgan fingerprint density at radius 2 is 1.72 bits per heavy atom. The maximum Gasteiger partial charge on any atom is 0.233 e. The van der Waals surface area contributed by atoms with Gasteiger partial charge in [0.2, 0.25) is 11.6 Å². The zero-order chi connectivity index (χ0) is 17.7. The quantitative estimate of drug-likeness (QED) is 0.825. The number of aromatic nitrogens is 1. The van der Waals surface area contributed by atoms with E-state index < -0.39 is 0 Å². The number of pyridine rings is 1. The number of rotatable bonds is 2. The van der Waals surface area contributed by atoms with Crippen molar-refractivity contribution in [3.8, 4) is 0 Å². The van der Waals surface area contributed by atoms with Crippen LogP contribution < -0.4 is 25.0 Å². The summed E-state index contributed by atoms with van der Waals surface area (Å²) in [7, 11) is 2.16. The average Bonchev–Trinajstić information content (AvgIpc) is 3.11. The van der Waals surface area contributed by atoms with Gasteiger partial charge in [-0.15, -0.1) is 0 Å². The van der Waals surface area contributed by atoms with Crippen LogP contribution in [0.25, 0.3) is 0 Å². The van der Waals surface area contributed by atoms with Crippen molar-refractivity contribution >= 4 is 23.0 Å². The summed E-state index contributed by atoms with van der Waals surface area (Å²) in [6, 6.07) is 10.8. The normalized spacial score (nSPS) is 21.3. The van der Waals surface area contributed by atoms with Gasteiger partial charge in [-0.2, -0.15) is 0 Å². The van der Waals surface area contributed by atoms with Crippen molar-refractivity contribution in [2.75, 3.05) is 15.1 Å². The molecule has 0 bridgehead atoms. The first kappa shape index (κ1) is 15.8. The molecule has 25 heavy (non-hydrogen) atoms. The second kappa shape index (κ2) is 5.69. The van der Waals surface area contributed by atoms with Gasteiger partial charge in [-0.25, -0.2) is 14.4 Å². The summed E-state index contributed by atoms with van der Waals surface area (Å²) >= 11 is 0. The third-order valence-corrected chi connectivity index (χ3v) is 5.15. The van der Waals surface area contributed by atoms with Crippen molar-refractivity contribution in [2.24, 2.45) is 7.05 Å². The summed E-state index contributed by atoms with van der Waals surface area (Å²) in [5, 5.41) is 6.94. The monoisotopic (exact) mass is 336 g/mol. The summed E-state index contributed by atoms with van der Waals surface area (Å²) in [4.78, 5) is 4.68. The minimum absolute atomic E-state index is 0.211. The Morgan fingerprint density at radius 1 is 1.00 bits per heavy atom. The van der Waals surface area contributed by atoms with Crippen LogP contribution >= 0.6 is 0 Å². The second-order valence-corrected chi connectivity index (χ2v) is 6.99. The number of para-hydroxylation sites is 2. The molecule has 3 heterocycles. The Kier molecular flexibility index (Phi) is 3.60. The van der Waals surface area contributed by atoms with Crippen LogP contribution in [-0.4, -0.2) is 12.3 Å². The van der Waals surface area contributed by atoms with Crippen molar-refractivity contribution in [3.63, 3.8) is 0 Å². The molecule has 0 amide bonds. The fourth-order valence-corrected chi connectivity index (χ4v) is 4.14. The van der Waals surface area contributed by atoms with E-state index in [2.05, 4.69) is 96.3 Å². The lowest BCUT2D eigenvalue weighted by Gasteiger charge is -2.27. The van der Waals surface area contributed by atoms with Crippen LogP contribution in [-0.2, 0) is 7.05 Å². The third-order valence-electron chi connectivity index (χ3n) is 5.15. The molecule has 5 heteroatoms. The predicted octanol–water partition coefficient (Wildman–Crippen LogP) is 3.26. The van der Waals surface area contributed by atoms with E-state index in [0.717, 1.165) is 0 Å². The van der Waals surface area contributed by atoms with Crippen LogP contribution in [0.1, 0.15) is 25.0 Å². The van der Waals surface area contributed by atoms with Gasteiger partial charge in [0, 0.05) is 17.3 Å². The molecule has 2 N–H and O–H groups in total. The number of anilines is 4. The Morgan fingerprint density at radius 3 is 2.44 bits per heavy atom. The molecule has 2 aliphatic rings. The fourth-order valence-electron chi connectivity index (χ4n) is 4.14. The lowest BCUT2D eigenvalue weighted by atomic mass is 10.1. The molecule has 4 rings (SSSR count). The first-order chi connectivity index (χ1) is 12.0. The van der Waals surface area contributed by atoms with Crippen molar-refractivity contribution in [2.45, 2.75) is 40.0 Å². The summed E-state index contributed by atoms with van der Waals surface area (Å²) in [5.41, 5.74) is 4.97. The van der Waals surface area contributed by atoms with Gasteiger partial charge in [-0.3, -0.25) is 0 Å². The number of fused-ring (bicyclic) bond motifs is 1. The van der Waals surface area contributed by atoms with Gasteiger partial charge in [-0.05, 0) is 45.9 Å². The van der Waals surface area contributed by atoms with Gasteiger partial charge in [0.1, 0.15) is 18.0 Å². The molecule has 0 aliphatic carbocycles. The third kappa shape index (κ3) is 2.34. The molecule has 2 atom stereocenters. The van der Waals surface area contributed by atoms with Crippen LogP contribution in [0, 0.1) is 13.8 Å². The van der Waals surface area contributed by atoms with E-state index >= 15 is 0 Å². The van der Waals surface area contributed by atoms with Crippen LogP contribution in [0.4, 0.5) is 23.0 Å². The summed E-state index contributed by atoms with van der Waals surface area (Å²) < 4.78 is 2.32. The topological polar surface area (TPSA) is 34.4 Å². The van der Waals surface area contributed by atoms with E-state index in [1.807, 2.05) is 6.20 Å². The number of hydrogen-bond donors (Lipinski definition) is 2. The molecule has 1 aromatic carbocycles. The predicted molar refractivity (Wildman–Crippen MR) is 103 cm³/mol. The standard InChI is InChI=1S/C20H26N5/c1-13-12-14(2)20(23(5)19(13)24-11-10-21-15(24)3)25-16(4)22-17-8-6-7-9-18(17)25/h6-12,15-16,21-22H,1-5H3/q+1/t15-,16+/m1/s1. The van der Waals surface area contributed by atoms with Crippen LogP contribution in [0.15, 0.2) is 42.7 Å². The largest absolute Gasteiger partial charge is 0.357 e. The molecule has 130 valence electrons. The molecule has 2 aliphatic heterocycles. The molecule has 0 fully saturated rings. The highest BCUT2D eigenvalue weighted by atomic mass is 15.4. The lowest BCUT2D eigenvalue weighted by molar-refractivity contribution is -0.646. The minimum Gasteiger partial charge on any atom is -0.357 e. The smallest absolute Gasteiger partial charge is 0.233 e. The van der Waals surface area contributed by atoms with Crippen molar-refractivity contribution in [3.05, 3.63) is 53.9 Å². The highest BCUT2D eigenvalue weighted by molar-refractivity contribution is 5.81. The van der Waals surface area contributed by atoms with E-state index in [4.69, 9.17) is 0 Å². The van der Waals surface area contributed by atoms with E-state index in [9.17, 15) is 0 Å². The van der Waals surface area contributed by atoms with Gasteiger partial charge in [-0.1, -0.05) is 12.1 Å². The molecular weight excluding hydrogens is 310 g/mol. The van der Waals surface area contributed by atoms with Crippen LogP contribution in [0.2, 0.25) is 0 Å². The van der Waals surface area contributed by atoms with Gasteiger partial charge >= 0.3 is 0 Å². The number of nitrogens with zero attached hydrogens (tertiary/aromatic N) is 3. The lowest BCUT2D eigenvalue weighted by Crippen LogP contribution is -2.47. The zero-order valence-electron chi connectivity index (χ0n) is 15.5. The molecule has 5 nitrogen and oxygen atoms in total. The van der Waals surface area contributed by atoms with E-state index in [1.165, 1.54) is 34.1 Å². The maximum atomic E-state index is 3.59. The summed E-state index contributed by atoms with van der Waals surface area (Å²) in [6.45, 7) is 8.76. The second-order valence-electron chi connectivity index (χ2n) is 6.99. The van der Waals surface area contributed by atoms with Gasteiger partial charge in [0.15, 0.2) is 0 Å². The molecule has 2 aromatic rings. The maximum absolute atomic E-state index is 3.59. The first-order valence-electron chi connectivity index (χ1n) is 8.85. The van der Waals surface area contributed by atoms with Gasteiger partial charge < -0.3 is 10.6 Å². The van der Waals surface area contributed by atoms with Gasteiger partial charge in [0.25, 0.3) is 0 Å². The highest BCUT2D eigenvalue weighted by Crippen LogP contribution is 2.40. The van der Waals surface area contributed by atoms with Gasteiger partial charge in [0.05, 0.1) is 18.9 Å². The number of aryl methyl sites for hydroxylation is 2. The number of benzene rings is 1. The molecule has 0 radical (unpaired) electrons. The van der Waals surface area contributed by atoms with Crippen molar-refractivity contribution in [1.29, 1.82) is 0 Å². The highest BCUT2D eigenvalue weighted by Gasteiger charge is 2.36. The fraction of sp³-hybridized carbons (Fsp3) is 0.350. The first-order valence-corrected chi connectivity index (χ1v) is 8.85. The van der Waals surface area contributed by atoms with E-state index in [-0.39, 0.29) is 12.3 Å². The van der Waals surface area contributed by atoms with Crippen molar-refractivity contribution < 1.29 is 4.57 Å². The summed E-state index contributed by atoms with van der Waals surface area (Å²) in [6.07, 6.45) is 4.59. The van der Waals surface area contributed by atoms with E-state index in [0.29, 0.717) is 0 Å². The summed E-state index contributed by atoms with van der Waals surface area (Å²) in [5.74, 6) is 2.43. The molecule has 0 unspecified atom stereocenters. The van der Waals surface area contributed by atoms with Crippen LogP contribution in [0.5, 0.6) is 0 Å². The molecule has 1 aromatic heterocycles. The molecule has 0 saturated carbocycles. The minimum atomic E-state index is 0.211. The Bertz CT molecular complexity index is 857.